The zero-order valence-corrected chi connectivity index (χ0v) is 13.2. The zero-order chi connectivity index (χ0) is 16.8. The minimum absolute atomic E-state index is 0.125. The summed E-state index contributed by atoms with van der Waals surface area (Å²) in [4.78, 5) is 50.1. The monoisotopic (exact) mass is 326 g/mol. The molecule has 24 heavy (non-hydrogen) atoms. The molecule has 0 radical (unpaired) electrons. The molecule has 1 unspecified atom stereocenters. The molecule has 2 aliphatic carbocycles. The number of nitrogens with zero attached hydrogens (tertiary/aromatic N) is 1. The first-order chi connectivity index (χ1) is 11.6. The quantitative estimate of drug-likeness (QED) is 0.674. The average Bonchev–Trinajstić information content (AvgIpc) is 3.35. The van der Waals surface area contributed by atoms with Gasteiger partial charge in [-0.3, -0.25) is 24.1 Å². The van der Waals surface area contributed by atoms with Crippen LogP contribution < -0.4 is 5.32 Å². The molecule has 6 nitrogen and oxygen atoms in total. The highest BCUT2D eigenvalue weighted by Crippen LogP contribution is 2.34. The number of anilines is 1. The van der Waals surface area contributed by atoms with Crippen LogP contribution in [-0.4, -0.2) is 40.9 Å². The standard InChI is InChI=1S/C18H18N2O4/c21-11-6-7-14(15(22)8-11)20-17(23)12-2-1-3-13(16(12)18(20)24)19-9-10-4-5-10/h1-3,10,14,19H,4-9H2. The third kappa shape index (κ3) is 2.42. The predicted octanol–water partition coefficient (Wildman–Crippen LogP) is 1.80. The third-order valence-corrected chi connectivity index (χ3v) is 4.98. The maximum Gasteiger partial charge on any atom is 0.264 e. The summed E-state index contributed by atoms with van der Waals surface area (Å²) in [5.41, 5.74) is 1.35. The van der Waals surface area contributed by atoms with E-state index in [1.165, 1.54) is 12.8 Å². The van der Waals surface area contributed by atoms with Crippen LogP contribution in [0.2, 0.25) is 0 Å². The number of Topliss-reactive ketones (excluding diaryl/α,β-unsaturated/α-hetero) is 2. The molecule has 0 saturated heterocycles. The van der Waals surface area contributed by atoms with Crippen molar-refractivity contribution in [2.75, 3.05) is 11.9 Å². The van der Waals surface area contributed by atoms with Crippen molar-refractivity contribution in [2.45, 2.75) is 38.1 Å². The molecule has 6 heteroatoms. The first-order valence-corrected chi connectivity index (χ1v) is 8.35. The second kappa shape index (κ2) is 5.54. The Balaban J connectivity index is 1.63. The van der Waals surface area contributed by atoms with Gasteiger partial charge in [0.2, 0.25) is 0 Å². The number of nitrogens with one attached hydrogen (secondary N) is 1. The number of fused-ring (bicyclic) bond motifs is 1. The molecule has 124 valence electrons. The van der Waals surface area contributed by atoms with Crippen molar-refractivity contribution in [3.05, 3.63) is 29.3 Å². The molecule has 4 rings (SSSR count). The van der Waals surface area contributed by atoms with Crippen LogP contribution in [0.5, 0.6) is 0 Å². The normalized spacial score (nSPS) is 23.7. The van der Waals surface area contributed by atoms with Crippen LogP contribution in [0.15, 0.2) is 18.2 Å². The molecule has 2 saturated carbocycles. The lowest BCUT2D eigenvalue weighted by atomic mass is 9.92. The number of ketones is 2. The van der Waals surface area contributed by atoms with Gasteiger partial charge in [-0.2, -0.15) is 0 Å². The Morgan fingerprint density at radius 3 is 2.54 bits per heavy atom. The molecular weight excluding hydrogens is 308 g/mol. The number of carbonyl (C=O) groups excluding carboxylic acids is 4. The van der Waals surface area contributed by atoms with E-state index in [1.807, 2.05) is 0 Å². The topological polar surface area (TPSA) is 83.6 Å². The fourth-order valence-corrected chi connectivity index (χ4v) is 3.44. The summed E-state index contributed by atoms with van der Waals surface area (Å²) in [5.74, 6) is -0.692. The first kappa shape index (κ1) is 15.1. The molecule has 1 atom stereocenters. The Bertz CT molecular complexity index is 766. The summed E-state index contributed by atoms with van der Waals surface area (Å²) >= 11 is 0. The van der Waals surface area contributed by atoms with Crippen LogP contribution in [0.4, 0.5) is 5.69 Å². The van der Waals surface area contributed by atoms with Gasteiger partial charge in [0.25, 0.3) is 11.8 Å². The molecule has 2 amide bonds. The zero-order valence-electron chi connectivity index (χ0n) is 13.2. The van der Waals surface area contributed by atoms with Crippen LogP contribution in [0.25, 0.3) is 0 Å². The van der Waals surface area contributed by atoms with Crippen LogP contribution in [-0.2, 0) is 9.59 Å². The van der Waals surface area contributed by atoms with E-state index in [1.54, 1.807) is 18.2 Å². The molecule has 1 aliphatic heterocycles. The molecule has 1 aromatic carbocycles. The number of carbonyl (C=O) groups is 4. The van der Waals surface area contributed by atoms with Gasteiger partial charge in [-0.05, 0) is 37.3 Å². The summed E-state index contributed by atoms with van der Waals surface area (Å²) in [7, 11) is 0. The Kier molecular flexibility index (Phi) is 3.48. The number of benzene rings is 1. The summed E-state index contributed by atoms with van der Waals surface area (Å²) in [6.45, 7) is 0.786. The van der Waals surface area contributed by atoms with Crippen molar-refractivity contribution in [1.82, 2.24) is 4.90 Å². The van der Waals surface area contributed by atoms with Gasteiger partial charge in [-0.15, -0.1) is 0 Å². The average molecular weight is 326 g/mol. The number of hydrogen-bond acceptors (Lipinski definition) is 5. The summed E-state index contributed by atoms with van der Waals surface area (Å²) in [6.07, 6.45) is 2.65. The SMILES string of the molecule is O=C1CCC(N2C(=O)c3cccc(NCC4CC4)c3C2=O)C(=O)C1. The van der Waals surface area contributed by atoms with Crippen LogP contribution in [0.3, 0.4) is 0 Å². The summed E-state index contributed by atoms with van der Waals surface area (Å²) < 4.78 is 0. The van der Waals surface area contributed by atoms with Crippen molar-refractivity contribution in [1.29, 1.82) is 0 Å². The minimum atomic E-state index is -0.814. The van der Waals surface area contributed by atoms with Gasteiger partial charge in [0.1, 0.15) is 5.78 Å². The van der Waals surface area contributed by atoms with Crippen molar-refractivity contribution in [3.63, 3.8) is 0 Å². The van der Waals surface area contributed by atoms with Gasteiger partial charge in [-0.25, -0.2) is 0 Å². The van der Waals surface area contributed by atoms with Gasteiger partial charge in [0, 0.05) is 18.7 Å². The summed E-state index contributed by atoms with van der Waals surface area (Å²) in [6, 6.07) is 4.35. The Labute approximate surface area is 139 Å². The van der Waals surface area contributed by atoms with E-state index < -0.39 is 17.9 Å². The van der Waals surface area contributed by atoms with E-state index in [9.17, 15) is 19.2 Å². The maximum atomic E-state index is 12.8. The maximum absolute atomic E-state index is 12.8. The molecule has 2 fully saturated rings. The molecule has 0 spiro atoms. The van der Waals surface area contributed by atoms with E-state index in [0.29, 0.717) is 22.7 Å². The largest absolute Gasteiger partial charge is 0.384 e. The number of imide groups is 1. The second-order valence-corrected chi connectivity index (χ2v) is 6.77. The van der Waals surface area contributed by atoms with Gasteiger partial charge in [0.15, 0.2) is 5.78 Å². The van der Waals surface area contributed by atoms with Gasteiger partial charge >= 0.3 is 0 Å². The molecule has 3 aliphatic rings. The minimum Gasteiger partial charge on any atom is -0.384 e. The van der Waals surface area contributed by atoms with Crippen LogP contribution >= 0.6 is 0 Å². The van der Waals surface area contributed by atoms with Crippen LogP contribution in [0.1, 0.15) is 52.8 Å². The number of amides is 2. The van der Waals surface area contributed by atoms with Crippen molar-refractivity contribution in [3.8, 4) is 0 Å². The Morgan fingerprint density at radius 1 is 1.04 bits per heavy atom. The molecule has 0 aromatic heterocycles. The van der Waals surface area contributed by atoms with Gasteiger partial charge in [-0.1, -0.05) is 6.07 Å². The highest BCUT2D eigenvalue weighted by atomic mass is 16.2. The fourth-order valence-electron chi connectivity index (χ4n) is 3.44. The number of hydrogen-bond donors (Lipinski definition) is 1. The van der Waals surface area contributed by atoms with E-state index >= 15 is 0 Å². The predicted molar refractivity (Wildman–Crippen MR) is 85.8 cm³/mol. The molecule has 0 bridgehead atoms. The molecular formula is C18H18N2O4. The highest BCUT2D eigenvalue weighted by molar-refractivity contribution is 6.25. The third-order valence-electron chi connectivity index (χ3n) is 4.98. The van der Waals surface area contributed by atoms with Crippen molar-refractivity contribution < 1.29 is 19.2 Å². The molecule has 1 heterocycles. The smallest absolute Gasteiger partial charge is 0.264 e. The summed E-state index contributed by atoms with van der Waals surface area (Å²) in [5, 5.41) is 3.26. The van der Waals surface area contributed by atoms with E-state index in [4.69, 9.17) is 0 Å². The lowest BCUT2D eigenvalue weighted by Gasteiger charge is -2.27. The number of rotatable bonds is 4. The Morgan fingerprint density at radius 2 is 1.83 bits per heavy atom. The van der Waals surface area contributed by atoms with Gasteiger partial charge < -0.3 is 5.32 Å². The van der Waals surface area contributed by atoms with Crippen molar-refractivity contribution in [2.24, 2.45) is 5.92 Å². The molecule has 1 aromatic rings. The molecule has 1 N–H and O–H groups in total. The fraction of sp³-hybridized carbons (Fsp3) is 0.444. The first-order valence-electron chi connectivity index (χ1n) is 8.35. The Hall–Kier alpha value is -2.50. The lowest BCUT2D eigenvalue weighted by Crippen LogP contribution is -2.47. The van der Waals surface area contributed by atoms with E-state index in [2.05, 4.69) is 5.32 Å². The van der Waals surface area contributed by atoms with Crippen molar-refractivity contribution >= 4 is 29.1 Å². The lowest BCUT2D eigenvalue weighted by molar-refractivity contribution is -0.132. The second-order valence-electron chi connectivity index (χ2n) is 6.77. The van der Waals surface area contributed by atoms with E-state index in [0.717, 1.165) is 11.4 Å². The highest BCUT2D eigenvalue weighted by Gasteiger charge is 2.45. The van der Waals surface area contributed by atoms with Crippen LogP contribution in [0, 0.1) is 5.92 Å². The van der Waals surface area contributed by atoms with Gasteiger partial charge in [0.05, 0.1) is 23.6 Å². The van der Waals surface area contributed by atoms with E-state index in [-0.39, 0.29) is 30.8 Å².